The van der Waals surface area contributed by atoms with Crippen molar-refractivity contribution in [3.8, 4) is 0 Å². The Labute approximate surface area is 72.9 Å². The molecule has 0 bridgehead atoms. The van der Waals surface area contributed by atoms with Gasteiger partial charge in [0.05, 0.1) is 0 Å². The van der Waals surface area contributed by atoms with Crippen LogP contribution in [0.3, 0.4) is 0 Å². The van der Waals surface area contributed by atoms with E-state index in [0.29, 0.717) is 17.8 Å². The van der Waals surface area contributed by atoms with E-state index in [0.717, 1.165) is 6.42 Å². The number of alkyl halides is 2. The molecule has 0 amide bonds. The standard InChI is InChI=1S/C8H14Cl2/c1-5(2)6(3)7-4-8(7,9)10/h5-7H,4H2,1-3H3/t6-,7+/m0/s1. The fraction of sp³-hybridized carbons (Fsp3) is 1.00. The van der Waals surface area contributed by atoms with Gasteiger partial charge in [-0.05, 0) is 24.2 Å². The van der Waals surface area contributed by atoms with E-state index in [9.17, 15) is 0 Å². The van der Waals surface area contributed by atoms with Gasteiger partial charge in [-0.25, -0.2) is 0 Å². The lowest BCUT2D eigenvalue weighted by Crippen LogP contribution is -2.09. The monoisotopic (exact) mass is 180 g/mol. The maximum Gasteiger partial charge on any atom is 0.121 e. The third-order valence-corrected chi connectivity index (χ3v) is 3.43. The predicted molar refractivity (Wildman–Crippen MR) is 46.5 cm³/mol. The van der Waals surface area contributed by atoms with Gasteiger partial charge in [-0.2, -0.15) is 0 Å². The average Bonchev–Trinajstić information content (AvgIpc) is 2.38. The van der Waals surface area contributed by atoms with Crippen molar-refractivity contribution in [1.82, 2.24) is 0 Å². The first-order valence-electron chi connectivity index (χ1n) is 3.83. The molecule has 2 atom stereocenters. The molecule has 0 radical (unpaired) electrons. The van der Waals surface area contributed by atoms with Crippen LogP contribution in [0.2, 0.25) is 0 Å². The summed E-state index contributed by atoms with van der Waals surface area (Å²) >= 11 is 11.8. The van der Waals surface area contributed by atoms with Crippen molar-refractivity contribution in [2.45, 2.75) is 31.5 Å². The first-order chi connectivity index (χ1) is 4.45. The van der Waals surface area contributed by atoms with Crippen molar-refractivity contribution in [2.24, 2.45) is 17.8 Å². The summed E-state index contributed by atoms with van der Waals surface area (Å²) in [4.78, 5) is 0. The van der Waals surface area contributed by atoms with Crippen LogP contribution in [0.15, 0.2) is 0 Å². The highest BCUT2D eigenvalue weighted by atomic mass is 35.5. The van der Waals surface area contributed by atoms with Gasteiger partial charge in [-0.15, -0.1) is 23.2 Å². The van der Waals surface area contributed by atoms with Crippen LogP contribution in [0.4, 0.5) is 0 Å². The number of rotatable bonds is 2. The molecule has 0 nitrogen and oxygen atoms in total. The normalized spacial score (nSPS) is 32.4. The summed E-state index contributed by atoms with van der Waals surface area (Å²) in [7, 11) is 0. The Kier molecular flexibility index (Phi) is 2.23. The highest BCUT2D eigenvalue weighted by Gasteiger charge is 2.54. The molecule has 60 valence electrons. The zero-order valence-electron chi connectivity index (χ0n) is 6.70. The number of hydrogen-bond donors (Lipinski definition) is 0. The molecule has 0 aliphatic heterocycles. The van der Waals surface area contributed by atoms with E-state index < -0.39 is 0 Å². The van der Waals surface area contributed by atoms with Crippen LogP contribution in [0.5, 0.6) is 0 Å². The summed E-state index contributed by atoms with van der Waals surface area (Å²) in [5.74, 6) is 1.90. The molecule has 2 heteroatoms. The summed E-state index contributed by atoms with van der Waals surface area (Å²) in [5.41, 5.74) is 0. The molecule has 1 fully saturated rings. The van der Waals surface area contributed by atoms with Crippen LogP contribution < -0.4 is 0 Å². The molecule has 0 unspecified atom stereocenters. The minimum Gasteiger partial charge on any atom is -0.101 e. The fourth-order valence-corrected chi connectivity index (χ4v) is 2.00. The molecule has 0 aromatic heterocycles. The Balaban J connectivity index is 2.40. The zero-order chi connectivity index (χ0) is 7.94. The Morgan fingerprint density at radius 1 is 1.30 bits per heavy atom. The van der Waals surface area contributed by atoms with Gasteiger partial charge >= 0.3 is 0 Å². The first-order valence-corrected chi connectivity index (χ1v) is 4.58. The number of halogens is 2. The van der Waals surface area contributed by atoms with Gasteiger partial charge in [0.15, 0.2) is 0 Å². The van der Waals surface area contributed by atoms with Crippen molar-refractivity contribution in [3.63, 3.8) is 0 Å². The lowest BCUT2D eigenvalue weighted by atomic mass is 9.93. The average molecular weight is 181 g/mol. The molecule has 1 aliphatic rings. The summed E-state index contributed by atoms with van der Waals surface area (Å²) in [5, 5.41) is 0. The molecule has 1 aliphatic carbocycles. The lowest BCUT2D eigenvalue weighted by molar-refractivity contribution is 0.370. The highest BCUT2D eigenvalue weighted by Crippen LogP contribution is 2.58. The third-order valence-electron chi connectivity index (χ3n) is 2.56. The summed E-state index contributed by atoms with van der Waals surface area (Å²) in [6.45, 7) is 6.65. The van der Waals surface area contributed by atoms with Gasteiger partial charge in [0.25, 0.3) is 0 Å². The van der Waals surface area contributed by atoms with Crippen LogP contribution in [-0.4, -0.2) is 4.33 Å². The molecule has 0 saturated heterocycles. The lowest BCUT2D eigenvalue weighted by Gasteiger charge is -2.14. The highest BCUT2D eigenvalue weighted by molar-refractivity contribution is 6.50. The van der Waals surface area contributed by atoms with E-state index in [4.69, 9.17) is 23.2 Å². The van der Waals surface area contributed by atoms with Crippen LogP contribution >= 0.6 is 23.2 Å². The molecule has 0 N–H and O–H groups in total. The maximum absolute atomic E-state index is 5.91. The van der Waals surface area contributed by atoms with Crippen molar-refractivity contribution in [3.05, 3.63) is 0 Å². The molecule has 1 saturated carbocycles. The largest absolute Gasteiger partial charge is 0.121 e. The molecule has 10 heavy (non-hydrogen) atoms. The maximum atomic E-state index is 5.91. The molecule has 0 spiro atoms. The SMILES string of the molecule is CC(C)[C@H](C)[C@H]1CC1(Cl)Cl. The Morgan fingerprint density at radius 2 is 1.70 bits per heavy atom. The van der Waals surface area contributed by atoms with Crippen LogP contribution in [0.25, 0.3) is 0 Å². The van der Waals surface area contributed by atoms with Gasteiger partial charge in [0.1, 0.15) is 4.33 Å². The third kappa shape index (κ3) is 1.60. The molecule has 0 heterocycles. The van der Waals surface area contributed by atoms with Crippen LogP contribution in [0.1, 0.15) is 27.2 Å². The quantitative estimate of drug-likeness (QED) is 0.572. The Morgan fingerprint density at radius 3 is 1.80 bits per heavy atom. The minimum atomic E-state index is -0.385. The molecular formula is C8H14Cl2. The van der Waals surface area contributed by atoms with E-state index in [1.54, 1.807) is 0 Å². The summed E-state index contributed by atoms with van der Waals surface area (Å²) in [6.07, 6.45) is 0.982. The van der Waals surface area contributed by atoms with E-state index in [2.05, 4.69) is 20.8 Å². The van der Waals surface area contributed by atoms with Gasteiger partial charge in [0.2, 0.25) is 0 Å². The minimum absolute atomic E-state index is 0.385. The Bertz CT molecular complexity index is 129. The molecule has 0 aromatic rings. The fourth-order valence-electron chi connectivity index (χ4n) is 1.27. The van der Waals surface area contributed by atoms with E-state index >= 15 is 0 Å². The van der Waals surface area contributed by atoms with Crippen molar-refractivity contribution in [2.75, 3.05) is 0 Å². The zero-order valence-corrected chi connectivity index (χ0v) is 8.21. The number of hydrogen-bond acceptors (Lipinski definition) is 0. The van der Waals surface area contributed by atoms with Crippen molar-refractivity contribution < 1.29 is 0 Å². The summed E-state index contributed by atoms with van der Waals surface area (Å²) < 4.78 is -0.385. The van der Waals surface area contributed by atoms with Gasteiger partial charge in [0, 0.05) is 0 Å². The van der Waals surface area contributed by atoms with Crippen LogP contribution in [0, 0.1) is 17.8 Å². The summed E-state index contributed by atoms with van der Waals surface area (Å²) in [6, 6.07) is 0. The second-order valence-corrected chi connectivity index (χ2v) is 5.22. The van der Waals surface area contributed by atoms with E-state index in [1.807, 2.05) is 0 Å². The van der Waals surface area contributed by atoms with E-state index in [1.165, 1.54) is 0 Å². The van der Waals surface area contributed by atoms with Gasteiger partial charge in [-0.1, -0.05) is 20.8 Å². The van der Waals surface area contributed by atoms with Gasteiger partial charge in [-0.3, -0.25) is 0 Å². The predicted octanol–water partition coefficient (Wildman–Crippen LogP) is 3.47. The van der Waals surface area contributed by atoms with Gasteiger partial charge < -0.3 is 0 Å². The molecule has 1 rings (SSSR count). The molecular weight excluding hydrogens is 167 g/mol. The van der Waals surface area contributed by atoms with Crippen molar-refractivity contribution in [1.29, 1.82) is 0 Å². The second kappa shape index (κ2) is 2.57. The topological polar surface area (TPSA) is 0 Å². The first kappa shape index (κ1) is 8.67. The second-order valence-electron chi connectivity index (χ2n) is 3.67. The van der Waals surface area contributed by atoms with Crippen LogP contribution in [-0.2, 0) is 0 Å². The smallest absolute Gasteiger partial charge is 0.101 e. The van der Waals surface area contributed by atoms with Crippen molar-refractivity contribution >= 4 is 23.2 Å². The van der Waals surface area contributed by atoms with E-state index in [-0.39, 0.29) is 4.33 Å². The molecule has 0 aromatic carbocycles. The Hall–Kier alpha value is 0.580.